The van der Waals surface area contributed by atoms with Crippen LogP contribution in [0.1, 0.15) is 32.3 Å². The summed E-state index contributed by atoms with van der Waals surface area (Å²) in [6, 6.07) is 6.31. The third kappa shape index (κ3) is 3.49. The van der Waals surface area contributed by atoms with Crippen LogP contribution in [0.3, 0.4) is 0 Å². The number of piperazine rings is 1. The molecule has 1 saturated heterocycles. The maximum Gasteiger partial charge on any atom is 0.169 e. The first-order chi connectivity index (χ1) is 9.65. The minimum Gasteiger partial charge on any atom is -0.494 e. The molecule has 1 aliphatic rings. The lowest BCUT2D eigenvalue weighted by Crippen LogP contribution is -2.54. The van der Waals surface area contributed by atoms with Gasteiger partial charge in [0, 0.05) is 37.3 Å². The van der Waals surface area contributed by atoms with E-state index in [0.717, 1.165) is 13.1 Å². The second kappa shape index (κ2) is 7.04. The van der Waals surface area contributed by atoms with Crippen molar-refractivity contribution >= 4 is 0 Å². The molecule has 2 atom stereocenters. The molecule has 0 radical (unpaired) electrons. The maximum absolute atomic E-state index is 14.2. The quantitative estimate of drug-likeness (QED) is 0.897. The van der Waals surface area contributed by atoms with Crippen LogP contribution in [0.25, 0.3) is 0 Å². The van der Waals surface area contributed by atoms with Crippen LogP contribution in [0.2, 0.25) is 0 Å². The van der Waals surface area contributed by atoms with E-state index < -0.39 is 0 Å². The fourth-order valence-electron chi connectivity index (χ4n) is 2.81. The van der Waals surface area contributed by atoms with Crippen LogP contribution in [-0.4, -0.2) is 37.2 Å². The van der Waals surface area contributed by atoms with Gasteiger partial charge in [-0.25, -0.2) is 4.39 Å². The first kappa shape index (κ1) is 15.3. The smallest absolute Gasteiger partial charge is 0.169 e. The summed E-state index contributed by atoms with van der Waals surface area (Å²) >= 11 is 0. The Kier molecular flexibility index (Phi) is 5.38. The Bertz CT molecular complexity index is 438. The molecule has 1 fully saturated rings. The Morgan fingerprint density at radius 3 is 2.95 bits per heavy atom. The van der Waals surface area contributed by atoms with Crippen molar-refractivity contribution in [3.8, 4) is 5.75 Å². The lowest BCUT2D eigenvalue weighted by molar-refractivity contribution is 0.128. The van der Waals surface area contributed by atoms with Gasteiger partial charge in [0.2, 0.25) is 0 Å². The first-order valence-electron chi connectivity index (χ1n) is 7.44. The van der Waals surface area contributed by atoms with E-state index >= 15 is 0 Å². The van der Waals surface area contributed by atoms with Crippen LogP contribution >= 0.6 is 0 Å². The van der Waals surface area contributed by atoms with Crippen LogP contribution in [0.5, 0.6) is 5.75 Å². The highest BCUT2D eigenvalue weighted by atomic mass is 19.1. The molecule has 2 rings (SSSR count). The van der Waals surface area contributed by atoms with Crippen molar-refractivity contribution in [2.24, 2.45) is 0 Å². The van der Waals surface area contributed by atoms with Gasteiger partial charge in [-0.3, -0.25) is 4.90 Å². The normalized spacial score (nSPS) is 23.8. The molecule has 0 spiro atoms. The number of nitrogens with one attached hydrogen (secondary N) is 1. The van der Waals surface area contributed by atoms with Crippen LogP contribution in [0.4, 0.5) is 4.39 Å². The Balaban J connectivity index is 2.07. The predicted octanol–water partition coefficient (Wildman–Crippen LogP) is 2.80. The summed E-state index contributed by atoms with van der Waals surface area (Å²) in [4.78, 5) is 2.36. The van der Waals surface area contributed by atoms with E-state index in [2.05, 4.69) is 24.1 Å². The average molecular weight is 280 g/mol. The first-order valence-corrected chi connectivity index (χ1v) is 7.44. The number of ether oxygens (including phenoxy) is 1. The zero-order valence-electron chi connectivity index (χ0n) is 12.7. The average Bonchev–Trinajstić information content (AvgIpc) is 2.45. The number of hydrogen-bond acceptors (Lipinski definition) is 3. The second-order valence-corrected chi connectivity index (χ2v) is 5.61. The SMILES string of the molecule is CCCC1CN(Cc2cccc(OC)c2F)C(C)CN1. The van der Waals surface area contributed by atoms with E-state index in [4.69, 9.17) is 4.74 Å². The molecule has 0 aliphatic carbocycles. The van der Waals surface area contributed by atoms with Crippen molar-refractivity contribution in [3.63, 3.8) is 0 Å². The van der Waals surface area contributed by atoms with Crippen LogP contribution in [-0.2, 0) is 6.54 Å². The lowest BCUT2D eigenvalue weighted by atomic mass is 10.0. The van der Waals surface area contributed by atoms with Gasteiger partial charge in [-0.2, -0.15) is 0 Å². The van der Waals surface area contributed by atoms with E-state index in [1.807, 2.05) is 12.1 Å². The zero-order valence-corrected chi connectivity index (χ0v) is 12.7. The summed E-state index contributed by atoms with van der Waals surface area (Å²) in [5.41, 5.74) is 0.716. The predicted molar refractivity (Wildman–Crippen MR) is 79.5 cm³/mol. The maximum atomic E-state index is 14.2. The van der Waals surface area contributed by atoms with Gasteiger partial charge >= 0.3 is 0 Å². The van der Waals surface area contributed by atoms with E-state index in [0.29, 0.717) is 29.9 Å². The van der Waals surface area contributed by atoms with Gasteiger partial charge in [0.25, 0.3) is 0 Å². The highest BCUT2D eigenvalue weighted by molar-refractivity contribution is 5.31. The van der Waals surface area contributed by atoms with E-state index in [-0.39, 0.29) is 5.82 Å². The van der Waals surface area contributed by atoms with Crippen molar-refractivity contribution in [2.75, 3.05) is 20.2 Å². The molecule has 2 unspecified atom stereocenters. The number of rotatable bonds is 5. The topological polar surface area (TPSA) is 24.5 Å². The van der Waals surface area contributed by atoms with Crippen molar-refractivity contribution in [1.29, 1.82) is 0 Å². The largest absolute Gasteiger partial charge is 0.494 e. The number of halogens is 1. The number of methoxy groups -OCH3 is 1. The van der Waals surface area contributed by atoms with Crippen LogP contribution in [0, 0.1) is 5.82 Å². The molecule has 0 amide bonds. The minimum absolute atomic E-state index is 0.229. The van der Waals surface area contributed by atoms with Gasteiger partial charge in [-0.1, -0.05) is 25.5 Å². The molecule has 1 N–H and O–H groups in total. The molecule has 1 aliphatic heterocycles. The molecule has 112 valence electrons. The van der Waals surface area contributed by atoms with Crippen molar-refractivity contribution in [2.45, 2.75) is 45.3 Å². The second-order valence-electron chi connectivity index (χ2n) is 5.61. The molecule has 0 aromatic heterocycles. The Morgan fingerprint density at radius 1 is 1.45 bits per heavy atom. The van der Waals surface area contributed by atoms with Gasteiger partial charge < -0.3 is 10.1 Å². The summed E-state index contributed by atoms with van der Waals surface area (Å²) in [6.45, 7) is 6.98. The van der Waals surface area contributed by atoms with Gasteiger partial charge in [0.1, 0.15) is 0 Å². The molecule has 4 heteroatoms. The standard InChI is InChI=1S/C16H25FN2O/c1-4-6-14-11-19(12(2)9-18-14)10-13-7-5-8-15(20-3)16(13)17/h5,7-8,12,14,18H,4,6,9-11H2,1-3H3. The fraction of sp³-hybridized carbons (Fsp3) is 0.625. The van der Waals surface area contributed by atoms with Gasteiger partial charge in [0.15, 0.2) is 11.6 Å². The van der Waals surface area contributed by atoms with E-state index in [1.165, 1.54) is 20.0 Å². The fourth-order valence-corrected chi connectivity index (χ4v) is 2.81. The molecule has 1 heterocycles. The highest BCUT2D eigenvalue weighted by Gasteiger charge is 2.25. The van der Waals surface area contributed by atoms with Crippen molar-refractivity contribution in [3.05, 3.63) is 29.6 Å². The van der Waals surface area contributed by atoms with Crippen LogP contribution < -0.4 is 10.1 Å². The van der Waals surface area contributed by atoms with Crippen molar-refractivity contribution < 1.29 is 9.13 Å². The van der Waals surface area contributed by atoms with Gasteiger partial charge in [0.05, 0.1) is 7.11 Å². The molecular weight excluding hydrogens is 255 g/mol. The summed E-state index contributed by atoms with van der Waals surface area (Å²) in [7, 11) is 1.51. The third-order valence-electron chi connectivity index (χ3n) is 4.05. The van der Waals surface area contributed by atoms with Crippen molar-refractivity contribution in [1.82, 2.24) is 10.2 Å². The third-order valence-corrected chi connectivity index (χ3v) is 4.05. The monoisotopic (exact) mass is 280 g/mol. The molecular formula is C16H25FN2O. The number of benzene rings is 1. The van der Waals surface area contributed by atoms with E-state index in [9.17, 15) is 4.39 Å². The summed E-state index contributed by atoms with van der Waals surface area (Å²) in [5.74, 6) is 0.100. The molecule has 0 bridgehead atoms. The minimum atomic E-state index is -0.229. The summed E-state index contributed by atoms with van der Waals surface area (Å²) < 4.78 is 19.3. The van der Waals surface area contributed by atoms with Gasteiger partial charge in [-0.05, 0) is 19.4 Å². The summed E-state index contributed by atoms with van der Waals surface area (Å²) in [5, 5.41) is 3.56. The summed E-state index contributed by atoms with van der Waals surface area (Å²) in [6.07, 6.45) is 2.34. The lowest BCUT2D eigenvalue weighted by Gasteiger charge is -2.39. The van der Waals surface area contributed by atoms with Crippen LogP contribution in [0.15, 0.2) is 18.2 Å². The molecule has 20 heavy (non-hydrogen) atoms. The molecule has 0 saturated carbocycles. The number of nitrogens with zero attached hydrogens (tertiary/aromatic N) is 1. The highest BCUT2D eigenvalue weighted by Crippen LogP contribution is 2.23. The molecule has 3 nitrogen and oxygen atoms in total. The zero-order chi connectivity index (χ0) is 14.5. The number of hydrogen-bond donors (Lipinski definition) is 1. The molecule has 1 aromatic carbocycles. The Morgan fingerprint density at radius 2 is 2.25 bits per heavy atom. The molecule has 1 aromatic rings. The Hall–Kier alpha value is -1.13. The van der Waals surface area contributed by atoms with Gasteiger partial charge in [-0.15, -0.1) is 0 Å². The van der Waals surface area contributed by atoms with E-state index in [1.54, 1.807) is 6.07 Å². The Labute approximate surface area is 121 Å².